The van der Waals surface area contributed by atoms with Gasteiger partial charge in [0.2, 0.25) is 0 Å². The first-order valence-corrected chi connectivity index (χ1v) is 3.81. The molecule has 5 heteroatoms. The molecule has 0 aromatic carbocycles. The van der Waals surface area contributed by atoms with Crippen molar-refractivity contribution in [1.82, 2.24) is 15.2 Å². The summed E-state index contributed by atoms with van der Waals surface area (Å²) in [4.78, 5) is 4.08. The predicted octanol–water partition coefficient (Wildman–Crippen LogP) is 1.25. The minimum Gasteiger partial charge on any atom is -0.374 e. The fourth-order valence-corrected chi connectivity index (χ4v) is 0.777. The Hall–Kier alpha value is -0.610. The molecule has 0 saturated carbocycles. The number of nitrogens with zero attached hydrogens (tertiary/aromatic N) is 2. The van der Waals surface area contributed by atoms with Crippen molar-refractivity contribution < 1.29 is 4.74 Å². The van der Waals surface area contributed by atoms with E-state index in [1.165, 1.54) is 0 Å². The van der Waals surface area contributed by atoms with Gasteiger partial charge in [-0.2, -0.15) is 5.10 Å². The second-order valence-corrected chi connectivity index (χ2v) is 2.42. The molecule has 0 bridgehead atoms. The molecule has 0 amide bonds. The Kier molecular flexibility index (Phi) is 2.84. The van der Waals surface area contributed by atoms with Gasteiger partial charge in [0.05, 0.1) is 5.88 Å². The summed E-state index contributed by atoms with van der Waals surface area (Å²) in [5.41, 5.74) is 0. The molecular formula is C6H10ClN3O. The standard InChI is InChI=1S/C6H10ClN3O/c1-4(11-2)6-8-5(3-7)9-10-6/h4H,3H2,1-2H3,(H,8,9,10). The fraction of sp³-hybridized carbons (Fsp3) is 0.667. The Morgan fingerprint density at radius 2 is 2.45 bits per heavy atom. The number of rotatable bonds is 3. The third kappa shape index (κ3) is 1.91. The van der Waals surface area contributed by atoms with Crippen LogP contribution in [0.2, 0.25) is 0 Å². The average molecular weight is 176 g/mol. The number of aromatic amines is 1. The summed E-state index contributed by atoms with van der Waals surface area (Å²) in [6.45, 7) is 1.88. The molecule has 1 N–H and O–H groups in total. The lowest BCUT2D eigenvalue weighted by Crippen LogP contribution is -1.97. The van der Waals surface area contributed by atoms with Crippen molar-refractivity contribution in [2.45, 2.75) is 18.9 Å². The van der Waals surface area contributed by atoms with Crippen LogP contribution in [0, 0.1) is 0 Å². The van der Waals surface area contributed by atoms with E-state index < -0.39 is 0 Å². The molecule has 1 aromatic heterocycles. The maximum absolute atomic E-state index is 5.51. The summed E-state index contributed by atoms with van der Waals surface area (Å²) in [6, 6.07) is 0. The summed E-state index contributed by atoms with van der Waals surface area (Å²) in [5.74, 6) is 1.66. The van der Waals surface area contributed by atoms with Crippen molar-refractivity contribution in [2.75, 3.05) is 7.11 Å². The van der Waals surface area contributed by atoms with Gasteiger partial charge in [-0.05, 0) is 6.92 Å². The van der Waals surface area contributed by atoms with Crippen LogP contribution in [0.1, 0.15) is 24.7 Å². The molecule has 0 radical (unpaired) electrons. The topological polar surface area (TPSA) is 50.8 Å². The van der Waals surface area contributed by atoms with Crippen molar-refractivity contribution in [3.63, 3.8) is 0 Å². The van der Waals surface area contributed by atoms with Crippen LogP contribution in [0.25, 0.3) is 0 Å². The zero-order valence-electron chi connectivity index (χ0n) is 6.47. The molecule has 62 valence electrons. The van der Waals surface area contributed by atoms with E-state index in [2.05, 4.69) is 15.2 Å². The minimum atomic E-state index is -0.0804. The first-order valence-electron chi connectivity index (χ1n) is 3.28. The summed E-state index contributed by atoms with van der Waals surface area (Å²) in [6.07, 6.45) is -0.0804. The smallest absolute Gasteiger partial charge is 0.179 e. The number of alkyl halides is 1. The first kappa shape index (κ1) is 8.49. The molecule has 0 fully saturated rings. The van der Waals surface area contributed by atoms with Crippen LogP contribution in [0.15, 0.2) is 0 Å². The number of H-pyrrole nitrogens is 1. The first-order chi connectivity index (χ1) is 5.27. The molecule has 0 spiro atoms. The quantitative estimate of drug-likeness (QED) is 0.704. The SMILES string of the molecule is COC(C)c1n[nH]c(CCl)n1. The molecule has 1 heterocycles. The normalized spacial score (nSPS) is 13.4. The van der Waals surface area contributed by atoms with E-state index in [0.717, 1.165) is 0 Å². The van der Waals surface area contributed by atoms with E-state index in [0.29, 0.717) is 17.5 Å². The monoisotopic (exact) mass is 175 g/mol. The van der Waals surface area contributed by atoms with Gasteiger partial charge in [0.1, 0.15) is 11.9 Å². The summed E-state index contributed by atoms with van der Waals surface area (Å²) >= 11 is 5.51. The van der Waals surface area contributed by atoms with Gasteiger partial charge in [-0.25, -0.2) is 4.98 Å². The summed E-state index contributed by atoms with van der Waals surface area (Å²) in [5, 5.41) is 6.61. The molecule has 1 rings (SSSR count). The zero-order valence-corrected chi connectivity index (χ0v) is 7.22. The van der Waals surface area contributed by atoms with Crippen molar-refractivity contribution in [3.8, 4) is 0 Å². The van der Waals surface area contributed by atoms with Gasteiger partial charge in [-0.3, -0.25) is 5.10 Å². The number of hydrogen-bond acceptors (Lipinski definition) is 3. The number of aromatic nitrogens is 3. The third-order valence-corrected chi connectivity index (χ3v) is 1.65. The fourth-order valence-electron chi connectivity index (χ4n) is 0.657. The summed E-state index contributed by atoms with van der Waals surface area (Å²) in [7, 11) is 1.61. The van der Waals surface area contributed by atoms with Crippen LogP contribution >= 0.6 is 11.6 Å². The Morgan fingerprint density at radius 1 is 1.73 bits per heavy atom. The Labute approximate surface area is 69.9 Å². The highest BCUT2D eigenvalue weighted by atomic mass is 35.5. The lowest BCUT2D eigenvalue weighted by Gasteiger charge is -2.01. The number of ether oxygens (including phenoxy) is 1. The number of hydrogen-bond donors (Lipinski definition) is 1. The van der Waals surface area contributed by atoms with E-state index in [1.54, 1.807) is 7.11 Å². The highest BCUT2D eigenvalue weighted by Gasteiger charge is 2.09. The zero-order chi connectivity index (χ0) is 8.27. The molecule has 1 unspecified atom stereocenters. The van der Waals surface area contributed by atoms with Crippen molar-refractivity contribution in [1.29, 1.82) is 0 Å². The lowest BCUT2D eigenvalue weighted by atomic mass is 10.4. The third-order valence-electron chi connectivity index (χ3n) is 1.39. The molecule has 0 saturated heterocycles. The van der Waals surface area contributed by atoms with E-state index >= 15 is 0 Å². The van der Waals surface area contributed by atoms with Crippen molar-refractivity contribution in [3.05, 3.63) is 11.6 Å². The molecule has 0 aliphatic carbocycles. The molecule has 11 heavy (non-hydrogen) atoms. The maximum Gasteiger partial charge on any atom is 0.179 e. The maximum atomic E-state index is 5.51. The van der Waals surface area contributed by atoms with Gasteiger partial charge in [0, 0.05) is 7.11 Å². The highest BCUT2D eigenvalue weighted by Crippen LogP contribution is 2.09. The largest absolute Gasteiger partial charge is 0.374 e. The molecular weight excluding hydrogens is 166 g/mol. The number of methoxy groups -OCH3 is 1. The molecule has 1 aromatic rings. The van der Waals surface area contributed by atoms with Crippen LogP contribution < -0.4 is 0 Å². The van der Waals surface area contributed by atoms with Gasteiger partial charge in [0.15, 0.2) is 5.82 Å². The predicted molar refractivity (Wildman–Crippen MR) is 41.4 cm³/mol. The van der Waals surface area contributed by atoms with Crippen LogP contribution in [0.4, 0.5) is 0 Å². The van der Waals surface area contributed by atoms with Crippen molar-refractivity contribution >= 4 is 11.6 Å². The molecule has 0 aliphatic rings. The van der Waals surface area contributed by atoms with Gasteiger partial charge >= 0.3 is 0 Å². The van der Waals surface area contributed by atoms with Crippen molar-refractivity contribution in [2.24, 2.45) is 0 Å². The molecule has 1 atom stereocenters. The van der Waals surface area contributed by atoms with E-state index in [9.17, 15) is 0 Å². The second kappa shape index (κ2) is 3.69. The highest BCUT2D eigenvalue weighted by molar-refractivity contribution is 6.16. The molecule has 4 nitrogen and oxygen atoms in total. The van der Waals surface area contributed by atoms with E-state index in [-0.39, 0.29) is 6.10 Å². The lowest BCUT2D eigenvalue weighted by molar-refractivity contribution is 0.112. The van der Waals surface area contributed by atoms with Gasteiger partial charge in [-0.1, -0.05) is 0 Å². The van der Waals surface area contributed by atoms with Gasteiger partial charge in [0.25, 0.3) is 0 Å². The van der Waals surface area contributed by atoms with Gasteiger partial charge in [-0.15, -0.1) is 11.6 Å². The Balaban J connectivity index is 2.71. The van der Waals surface area contributed by atoms with Gasteiger partial charge < -0.3 is 4.74 Å². The van der Waals surface area contributed by atoms with E-state index in [1.807, 2.05) is 6.92 Å². The average Bonchev–Trinajstić information content (AvgIpc) is 2.50. The van der Waals surface area contributed by atoms with Crippen LogP contribution in [0.5, 0.6) is 0 Å². The number of halogens is 1. The second-order valence-electron chi connectivity index (χ2n) is 2.15. The summed E-state index contributed by atoms with van der Waals surface area (Å²) < 4.78 is 5.01. The minimum absolute atomic E-state index is 0.0804. The van der Waals surface area contributed by atoms with E-state index in [4.69, 9.17) is 16.3 Å². The molecule has 0 aliphatic heterocycles. The Bertz CT molecular complexity index is 225. The van der Waals surface area contributed by atoms with Crippen LogP contribution in [-0.2, 0) is 10.6 Å². The van der Waals surface area contributed by atoms with Crippen LogP contribution in [-0.4, -0.2) is 22.3 Å². The van der Waals surface area contributed by atoms with Crippen LogP contribution in [0.3, 0.4) is 0 Å². The number of nitrogens with one attached hydrogen (secondary N) is 1. The Morgan fingerprint density at radius 3 is 2.91 bits per heavy atom.